The van der Waals surface area contributed by atoms with Crippen LogP contribution in [0.1, 0.15) is 27.2 Å². The number of para-hydroxylation sites is 1. The highest BCUT2D eigenvalue weighted by Gasteiger charge is 2.07. The lowest BCUT2D eigenvalue weighted by atomic mass is 10.1. The molecule has 0 aliphatic heterocycles. The van der Waals surface area contributed by atoms with Crippen molar-refractivity contribution in [1.82, 2.24) is 4.98 Å². The van der Waals surface area contributed by atoms with Crippen LogP contribution >= 0.6 is 0 Å². The van der Waals surface area contributed by atoms with Gasteiger partial charge in [0, 0.05) is 11.5 Å². The molecule has 0 amide bonds. The van der Waals surface area contributed by atoms with Crippen molar-refractivity contribution in [2.24, 2.45) is 5.92 Å². The zero-order valence-corrected chi connectivity index (χ0v) is 10.7. The van der Waals surface area contributed by atoms with Gasteiger partial charge in [-0.2, -0.15) is 0 Å². The average Bonchev–Trinajstić information content (AvgIpc) is 2.27. The minimum absolute atomic E-state index is 0.212. The number of aromatic nitrogens is 1. The largest absolute Gasteiger partial charge is 0.475 e. The van der Waals surface area contributed by atoms with E-state index in [1.807, 2.05) is 24.3 Å². The van der Waals surface area contributed by atoms with Gasteiger partial charge in [-0.15, -0.1) is 0 Å². The minimum Gasteiger partial charge on any atom is -0.475 e. The van der Waals surface area contributed by atoms with E-state index in [-0.39, 0.29) is 6.10 Å². The Balaban J connectivity index is 2.14. The molecule has 90 valence electrons. The van der Waals surface area contributed by atoms with Crippen LogP contribution in [-0.2, 0) is 0 Å². The Hall–Kier alpha value is -1.57. The van der Waals surface area contributed by atoms with Gasteiger partial charge < -0.3 is 4.74 Å². The van der Waals surface area contributed by atoms with Crippen LogP contribution in [-0.4, -0.2) is 11.1 Å². The number of pyridine rings is 1. The maximum Gasteiger partial charge on any atom is 0.214 e. The van der Waals surface area contributed by atoms with E-state index in [0.717, 1.165) is 23.2 Å². The molecule has 0 aliphatic rings. The third kappa shape index (κ3) is 3.19. The fourth-order valence-corrected chi connectivity index (χ4v) is 2.03. The molecule has 0 fully saturated rings. The van der Waals surface area contributed by atoms with Gasteiger partial charge in [-0.1, -0.05) is 32.0 Å². The summed E-state index contributed by atoms with van der Waals surface area (Å²) in [5.74, 6) is 1.36. The van der Waals surface area contributed by atoms with E-state index in [2.05, 4.69) is 37.9 Å². The Morgan fingerprint density at radius 3 is 2.59 bits per heavy atom. The summed E-state index contributed by atoms with van der Waals surface area (Å²) in [7, 11) is 0. The van der Waals surface area contributed by atoms with Crippen LogP contribution in [0, 0.1) is 5.92 Å². The van der Waals surface area contributed by atoms with E-state index in [1.165, 1.54) is 0 Å². The van der Waals surface area contributed by atoms with Gasteiger partial charge in [0.1, 0.15) is 0 Å². The second kappa shape index (κ2) is 5.17. The molecule has 1 aromatic carbocycles. The highest BCUT2D eigenvalue weighted by Crippen LogP contribution is 2.18. The molecule has 0 spiro atoms. The van der Waals surface area contributed by atoms with Gasteiger partial charge in [0.2, 0.25) is 5.88 Å². The fourth-order valence-electron chi connectivity index (χ4n) is 2.03. The first-order chi connectivity index (χ1) is 8.15. The normalized spacial score (nSPS) is 12.9. The summed E-state index contributed by atoms with van der Waals surface area (Å²) in [6.45, 7) is 6.50. The molecule has 0 saturated carbocycles. The molecule has 0 radical (unpaired) electrons. The van der Waals surface area contributed by atoms with E-state index < -0.39 is 0 Å². The van der Waals surface area contributed by atoms with Gasteiger partial charge >= 0.3 is 0 Å². The molecule has 0 aliphatic carbocycles. The molecule has 1 unspecified atom stereocenters. The first kappa shape index (κ1) is 11.9. The van der Waals surface area contributed by atoms with Crippen molar-refractivity contribution in [2.75, 3.05) is 0 Å². The van der Waals surface area contributed by atoms with Gasteiger partial charge in [0.25, 0.3) is 0 Å². The van der Waals surface area contributed by atoms with Crippen molar-refractivity contribution in [3.8, 4) is 5.88 Å². The molecule has 2 rings (SSSR count). The first-order valence-electron chi connectivity index (χ1n) is 6.17. The summed E-state index contributed by atoms with van der Waals surface area (Å²) >= 11 is 0. The summed E-state index contributed by atoms with van der Waals surface area (Å²) in [5, 5.41) is 1.15. The minimum atomic E-state index is 0.212. The number of fused-ring (bicyclic) bond motifs is 1. The van der Waals surface area contributed by atoms with Gasteiger partial charge in [0.05, 0.1) is 11.6 Å². The smallest absolute Gasteiger partial charge is 0.214 e. The van der Waals surface area contributed by atoms with Crippen molar-refractivity contribution < 1.29 is 4.74 Å². The maximum atomic E-state index is 5.82. The number of nitrogens with zero attached hydrogens (tertiary/aromatic N) is 1. The fraction of sp³-hybridized carbons (Fsp3) is 0.400. The SMILES string of the molecule is CC(C)CC(C)Oc1ccc2ccccc2n1. The van der Waals surface area contributed by atoms with Crippen molar-refractivity contribution in [1.29, 1.82) is 0 Å². The van der Waals surface area contributed by atoms with Crippen LogP contribution in [0.4, 0.5) is 0 Å². The van der Waals surface area contributed by atoms with Gasteiger partial charge in [-0.25, -0.2) is 4.98 Å². The summed E-state index contributed by atoms with van der Waals surface area (Å²) < 4.78 is 5.82. The Morgan fingerprint density at radius 1 is 1.06 bits per heavy atom. The molecule has 2 nitrogen and oxygen atoms in total. The average molecular weight is 229 g/mol. The molecular weight excluding hydrogens is 210 g/mol. The summed E-state index contributed by atoms with van der Waals surface area (Å²) in [6, 6.07) is 12.1. The van der Waals surface area contributed by atoms with E-state index >= 15 is 0 Å². The molecule has 0 N–H and O–H groups in total. The van der Waals surface area contributed by atoms with Crippen LogP contribution in [0.3, 0.4) is 0 Å². The monoisotopic (exact) mass is 229 g/mol. The van der Waals surface area contributed by atoms with Gasteiger partial charge in [-0.05, 0) is 31.4 Å². The maximum absolute atomic E-state index is 5.82. The first-order valence-corrected chi connectivity index (χ1v) is 6.17. The summed E-state index contributed by atoms with van der Waals surface area (Å²) in [6.07, 6.45) is 1.26. The number of benzene rings is 1. The molecule has 17 heavy (non-hydrogen) atoms. The van der Waals surface area contributed by atoms with Crippen LogP contribution in [0.25, 0.3) is 10.9 Å². The highest BCUT2D eigenvalue weighted by atomic mass is 16.5. The lowest BCUT2D eigenvalue weighted by Crippen LogP contribution is -2.15. The molecule has 1 atom stereocenters. The Labute approximate surface area is 103 Å². The second-order valence-corrected chi connectivity index (χ2v) is 4.90. The zero-order valence-electron chi connectivity index (χ0n) is 10.7. The second-order valence-electron chi connectivity index (χ2n) is 4.90. The van der Waals surface area contributed by atoms with E-state index in [0.29, 0.717) is 5.92 Å². The summed E-state index contributed by atoms with van der Waals surface area (Å²) in [4.78, 5) is 4.50. The van der Waals surface area contributed by atoms with Gasteiger partial charge in [-0.3, -0.25) is 0 Å². The molecule has 2 heteroatoms. The van der Waals surface area contributed by atoms with Crippen molar-refractivity contribution in [3.05, 3.63) is 36.4 Å². The van der Waals surface area contributed by atoms with E-state index in [9.17, 15) is 0 Å². The number of rotatable bonds is 4. The van der Waals surface area contributed by atoms with Gasteiger partial charge in [0.15, 0.2) is 0 Å². The molecule has 2 aromatic rings. The molecule has 0 bridgehead atoms. The quantitative estimate of drug-likeness (QED) is 0.789. The summed E-state index contributed by atoms with van der Waals surface area (Å²) in [5.41, 5.74) is 0.988. The van der Waals surface area contributed by atoms with Crippen LogP contribution < -0.4 is 4.74 Å². The number of hydrogen-bond donors (Lipinski definition) is 0. The molecular formula is C15H19NO. The third-order valence-electron chi connectivity index (χ3n) is 2.70. The zero-order chi connectivity index (χ0) is 12.3. The van der Waals surface area contributed by atoms with Crippen molar-refractivity contribution in [3.63, 3.8) is 0 Å². The third-order valence-corrected chi connectivity index (χ3v) is 2.70. The predicted octanol–water partition coefficient (Wildman–Crippen LogP) is 4.05. The predicted molar refractivity (Wildman–Crippen MR) is 71.3 cm³/mol. The van der Waals surface area contributed by atoms with Crippen LogP contribution in [0.2, 0.25) is 0 Å². The van der Waals surface area contributed by atoms with Crippen LogP contribution in [0.5, 0.6) is 5.88 Å². The van der Waals surface area contributed by atoms with E-state index in [4.69, 9.17) is 4.74 Å². The van der Waals surface area contributed by atoms with Crippen molar-refractivity contribution in [2.45, 2.75) is 33.3 Å². The van der Waals surface area contributed by atoms with Crippen LogP contribution in [0.15, 0.2) is 36.4 Å². The Kier molecular flexibility index (Phi) is 3.62. The lowest BCUT2D eigenvalue weighted by molar-refractivity contribution is 0.186. The molecule has 1 heterocycles. The Bertz CT molecular complexity index is 493. The molecule has 0 saturated heterocycles. The highest BCUT2D eigenvalue weighted by molar-refractivity contribution is 5.78. The lowest BCUT2D eigenvalue weighted by Gasteiger charge is -2.15. The van der Waals surface area contributed by atoms with E-state index in [1.54, 1.807) is 0 Å². The Morgan fingerprint density at radius 2 is 1.82 bits per heavy atom. The number of hydrogen-bond acceptors (Lipinski definition) is 2. The standard InChI is InChI=1S/C15H19NO/c1-11(2)10-12(3)17-15-9-8-13-6-4-5-7-14(13)16-15/h4-9,11-12H,10H2,1-3H3. The number of ether oxygens (including phenoxy) is 1. The topological polar surface area (TPSA) is 22.1 Å². The van der Waals surface area contributed by atoms with Crippen molar-refractivity contribution >= 4 is 10.9 Å². The molecule has 1 aromatic heterocycles.